The maximum absolute atomic E-state index is 12.5. The molecule has 0 bridgehead atoms. The Morgan fingerprint density at radius 1 is 0.862 bits per heavy atom. The molecule has 0 saturated heterocycles. The zero-order valence-corrected chi connectivity index (χ0v) is 17.7. The summed E-state index contributed by atoms with van der Waals surface area (Å²) in [5.74, 6) is -3.48. The number of carbonyl (C=O) groups excluding carboxylic acids is 3. The van der Waals surface area contributed by atoms with Crippen molar-refractivity contribution in [3.63, 3.8) is 0 Å². The van der Waals surface area contributed by atoms with Crippen LogP contribution in [0.2, 0.25) is 0 Å². The molecule has 0 aliphatic carbocycles. The predicted molar refractivity (Wildman–Crippen MR) is 104 cm³/mol. The summed E-state index contributed by atoms with van der Waals surface area (Å²) >= 11 is 0. The average molecular weight is 438 g/mol. The molecular formula is C16H31N4O8P. The van der Waals surface area contributed by atoms with E-state index in [9.17, 15) is 23.7 Å². The van der Waals surface area contributed by atoms with Crippen LogP contribution in [0.25, 0.3) is 0 Å². The predicted octanol–water partition coefficient (Wildman–Crippen LogP) is -1.48. The Hall–Kier alpha value is -2.01. The molecule has 0 radical (unpaired) electrons. The monoisotopic (exact) mass is 438 g/mol. The fourth-order valence-corrected chi connectivity index (χ4v) is 3.21. The molecule has 0 heterocycles. The van der Waals surface area contributed by atoms with Gasteiger partial charge in [-0.25, -0.2) is 4.79 Å². The maximum Gasteiger partial charge on any atom is 0.328 e. The first kappa shape index (κ1) is 27.0. The van der Waals surface area contributed by atoms with E-state index in [0.29, 0.717) is 19.3 Å². The largest absolute Gasteiger partial charge is 0.480 e. The van der Waals surface area contributed by atoms with Gasteiger partial charge in [-0.3, -0.25) is 18.9 Å². The number of hydrogen-bond donors (Lipinski definition) is 7. The van der Waals surface area contributed by atoms with Crippen LogP contribution in [-0.2, 0) is 23.7 Å². The molecule has 12 nitrogen and oxygen atoms in total. The van der Waals surface area contributed by atoms with Crippen molar-refractivity contribution in [1.29, 1.82) is 0 Å². The Morgan fingerprint density at radius 3 is 1.69 bits per heavy atom. The third-order valence-electron chi connectivity index (χ3n) is 3.81. The molecule has 0 unspecified atom stereocenters. The summed E-state index contributed by atoms with van der Waals surface area (Å²) in [7, 11) is -3.11. The number of carboxylic acids is 1. The van der Waals surface area contributed by atoms with Gasteiger partial charge in [-0.2, -0.15) is 0 Å². The summed E-state index contributed by atoms with van der Waals surface area (Å²) in [6.45, 7) is 3.57. The summed E-state index contributed by atoms with van der Waals surface area (Å²) in [6, 6.07) is -3.80. The molecule has 0 aromatic heterocycles. The van der Waals surface area contributed by atoms with E-state index in [-0.39, 0.29) is 13.0 Å². The van der Waals surface area contributed by atoms with Crippen molar-refractivity contribution in [3.8, 4) is 0 Å². The van der Waals surface area contributed by atoms with Crippen LogP contribution in [0.1, 0.15) is 39.5 Å². The van der Waals surface area contributed by atoms with E-state index in [1.807, 2.05) is 6.92 Å². The highest BCUT2D eigenvalue weighted by Gasteiger charge is 2.32. The fraction of sp³-hybridized carbons (Fsp3) is 0.750. The molecule has 0 rings (SSSR count). The summed E-state index contributed by atoms with van der Waals surface area (Å²) in [6.07, 6.45) is 0.491. The highest BCUT2D eigenvalue weighted by Crippen LogP contribution is 2.34. The van der Waals surface area contributed by atoms with Gasteiger partial charge in [0.1, 0.15) is 18.1 Å². The Kier molecular flexibility index (Phi) is 12.3. The van der Waals surface area contributed by atoms with Crippen LogP contribution >= 0.6 is 7.60 Å². The van der Waals surface area contributed by atoms with Gasteiger partial charge in [-0.05, 0) is 19.9 Å². The van der Waals surface area contributed by atoms with Gasteiger partial charge < -0.3 is 36.2 Å². The van der Waals surface area contributed by atoms with Gasteiger partial charge in [0.05, 0.1) is 12.7 Å². The van der Waals surface area contributed by atoms with E-state index in [0.717, 1.165) is 0 Å². The van der Waals surface area contributed by atoms with Crippen LogP contribution in [0.4, 0.5) is 0 Å². The first-order chi connectivity index (χ1) is 13.4. The van der Waals surface area contributed by atoms with E-state index in [2.05, 4.69) is 21.3 Å². The first-order valence-electron chi connectivity index (χ1n) is 9.27. The number of aliphatic carboxylic acids is 1. The van der Waals surface area contributed by atoms with E-state index in [1.54, 1.807) is 14.0 Å². The van der Waals surface area contributed by atoms with E-state index in [1.165, 1.54) is 0 Å². The van der Waals surface area contributed by atoms with Crippen molar-refractivity contribution in [2.24, 2.45) is 0 Å². The molecule has 0 spiro atoms. The lowest BCUT2D eigenvalue weighted by Crippen LogP contribution is -2.56. The van der Waals surface area contributed by atoms with Crippen LogP contribution in [0.15, 0.2) is 0 Å². The second-order valence-electron chi connectivity index (χ2n) is 6.54. The molecule has 0 aliphatic heterocycles. The zero-order valence-electron chi connectivity index (χ0n) is 16.8. The Balaban J connectivity index is 5.22. The van der Waals surface area contributed by atoms with Crippen molar-refractivity contribution in [1.82, 2.24) is 21.3 Å². The summed E-state index contributed by atoms with van der Waals surface area (Å²) in [5.41, 5.74) is 0. The average Bonchev–Trinajstić information content (AvgIpc) is 2.59. The Bertz CT molecular complexity index is 624. The van der Waals surface area contributed by atoms with Crippen LogP contribution in [0.3, 0.4) is 0 Å². The molecule has 168 valence electrons. The van der Waals surface area contributed by atoms with E-state index >= 15 is 0 Å². The van der Waals surface area contributed by atoms with Gasteiger partial charge in [0.2, 0.25) is 17.7 Å². The summed E-state index contributed by atoms with van der Waals surface area (Å²) in [4.78, 5) is 65.9. The van der Waals surface area contributed by atoms with Gasteiger partial charge in [0.25, 0.3) is 0 Å². The molecule has 13 heteroatoms. The Labute approximate surface area is 169 Å². The maximum atomic E-state index is 12.5. The lowest BCUT2D eigenvalue weighted by Gasteiger charge is -2.24. The third-order valence-corrected chi connectivity index (χ3v) is 4.65. The van der Waals surface area contributed by atoms with Gasteiger partial charge >= 0.3 is 13.6 Å². The molecule has 3 atom stereocenters. The minimum atomic E-state index is -4.69. The van der Waals surface area contributed by atoms with Crippen molar-refractivity contribution in [2.45, 2.75) is 57.7 Å². The van der Waals surface area contributed by atoms with Crippen LogP contribution < -0.4 is 21.3 Å². The molecule has 29 heavy (non-hydrogen) atoms. The molecule has 0 saturated carbocycles. The topological polar surface area (TPSA) is 194 Å². The molecule has 3 amide bonds. The number of carbonyl (C=O) groups is 4. The van der Waals surface area contributed by atoms with E-state index in [4.69, 9.17) is 14.9 Å². The number of amides is 3. The SMILES string of the molecule is CCC[C@H](NC(=O)CNC)C(=O)N[C@@H](CCC)C(=O)N[C@@H](CP(=O)(O)O)C(=O)O. The molecule has 0 aliphatic rings. The number of nitrogens with one attached hydrogen (secondary N) is 4. The summed E-state index contributed by atoms with van der Waals surface area (Å²) < 4.78 is 11.1. The highest BCUT2D eigenvalue weighted by molar-refractivity contribution is 7.51. The smallest absolute Gasteiger partial charge is 0.328 e. The van der Waals surface area contributed by atoms with Gasteiger partial charge in [-0.15, -0.1) is 0 Å². The minimum Gasteiger partial charge on any atom is -0.480 e. The lowest BCUT2D eigenvalue weighted by molar-refractivity contribution is -0.141. The van der Waals surface area contributed by atoms with Crippen LogP contribution in [0.5, 0.6) is 0 Å². The van der Waals surface area contributed by atoms with Crippen molar-refractivity contribution in [2.75, 3.05) is 19.8 Å². The normalized spacial score (nSPS) is 14.4. The second-order valence-corrected chi connectivity index (χ2v) is 8.23. The number of carboxylic acid groups (broad SMARTS) is 1. The number of hydrogen-bond acceptors (Lipinski definition) is 6. The second kappa shape index (κ2) is 13.3. The van der Waals surface area contributed by atoms with Crippen molar-refractivity contribution >= 4 is 31.3 Å². The Morgan fingerprint density at radius 2 is 1.31 bits per heavy atom. The van der Waals surface area contributed by atoms with Gasteiger partial charge in [0, 0.05) is 0 Å². The molecule has 0 fully saturated rings. The highest BCUT2D eigenvalue weighted by atomic mass is 31.2. The summed E-state index contributed by atoms with van der Waals surface area (Å²) in [5, 5.41) is 18.8. The quantitative estimate of drug-likeness (QED) is 0.158. The van der Waals surface area contributed by atoms with Gasteiger partial charge in [-0.1, -0.05) is 26.7 Å². The van der Waals surface area contributed by atoms with Gasteiger partial charge in [0.15, 0.2) is 0 Å². The molecular weight excluding hydrogens is 407 g/mol. The van der Waals surface area contributed by atoms with Crippen LogP contribution in [-0.4, -0.2) is 76.5 Å². The fourth-order valence-electron chi connectivity index (χ4n) is 2.49. The minimum absolute atomic E-state index is 0.00896. The number of likely N-dealkylation sites (N-methyl/N-ethyl adjacent to an activating group) is 1. The molecule has 0 aromatic carbocycles. The first-order valence-corrected chi connectivity index (χ1v) is 11.1. The number of rotatable bonds is 14. The molecule has 0 aromatic rings. The van der Waals surface area contributed by atoms with Crippen molar-refractivity contribution in [3.05, 3.63) is 0 Å². The van der Waals surface area contributed by atoms with Crippen molar-refractivity contribution < 1.29 is 38.6 Å². The zero-order chi connectivity index (χ0) is 22.6. The molecule has 7 N–H and O–H groups in total. The van der Waals surface area contributed by atoms with E-state index < -0.39 is 55.6 Å². The standard InChI is InChI=1S/C16H31N4O8P/c1-4-6-10(18-13(21)8-17-3)14(22)19-11(7-5-2)15(23)20-12(16(24)25)9-29(26,27)28/h10-12,17H,4-9H2,1-3H3,(H,18,21)(H,19,22)(H,20,23)(H,24,25)(H2,26,27,28)/t10-,11-,12-/m0/s1. The lowest BCUT2D eigenvalue weighted by atomic mass is 10.1. The third kappa shape index (κ3) is 11.5. The van der Waals surface area contributed by atoms with Crippen LogP contribution in [0, 0.1) is 0 Å².